The molecular formula is C23H29ClN2OS. The van der Waals surface area contributed by atoms with Crippen LogP contribution in [0.25, 0.3) is 0 Å². The van der Waals surface area contributed by atoms with Crippen molar-refractivity contribution in [3.63, 3.8) is 0 Å². The minimum absolute atomic E-state index is 0.0115. The maximum Gasteiger partial charge on any atom is 0.248 e. The Hall–Kier alpha value is -1.91. The third kappa shape index (κ3) is 7.61. The highest BCUT2D eigenvalue weighted by Gasteiger charge is 2.15. The van der Waals surface area contributed by atoms with Crippen molar-refractivity contribution in [3.05, 3.63) is 81.9 Å². The van der Waals surface area contributed by atoms with Crippen LogP contribution in [0.1, 0.15) is 60.1 Å². The Balaban J connectivity index is 2.08. The first-order valence-electron chi connectivity index (χ1n) is 9.72. The number of carbonyl (C=O) groups is 1. The summed E-state index contributed by atoms with van der Waals surface area (Å²) in [6, 6.07) is 15.3. The predicted molar refractivity (Wildman–Crippen MR) is 122 cm³/mol. The highest BCUT2D eigenvalue weighted by atomic mass is 35.5. The largest absolute Gasteiger partial charge is 0.373 e. The van der Waals surface area contributed by atoms with E-state index in [2.05, 4.69) is 24.9 Å². The Labute approximate surface area is 177 Å². The number of carbonyl (C=O) groups excluding carboxylic acids is 1. The molecule has 0 fully saturated rings. The second-order valence-electron chi connectivity index (χ2n) is 6.85. The molecule has 2 aromatic rings. The first kappa shape index (κ1) is 22.4. The molecule has 150 valence electrons. The Kier molecular flexibility index (Phi) is 9.45. The van der Waals surface area contributed by atoms with Gasteiger partial charge in [0.05, 0.1) is 11.1 Å². The number of halogens is 1. The average Bonchev–Trinajstić information content (AvgIpc) is 2.67. The Morgan fingerprint density at radius 2 is 1.96 bits per heavy atom. The van der Waals surface area contributed by atoms with Crippen LogP contribution < -0.4 is 11.1 Å². The lowest BCUT2D eigenvalue weighted by Gasteiger charge is -2.22. The van der Waals surface area contributed by atoms with Crippen LogP contribution in [0.2, 0.25) is 5.02 Å². The molecule has 0 radical (unpaired) electrons. The maximum atomic E-state index is 11.5. The lowest BCUT2D eigenvalue weighted by molar-refractivity contribution is 0.1000. The smallest absolute Gasteiger partial charge is 0.248 e. The summed E-state index contributed by atoms with van der Waals surface area (Å²) >= 11 is 7.97. The molecule has 28 heavy (non-hydrogen) atoms. The third-order valence-electron chi connectivity index (χ3n) is 4.51. The third-order valence-corrected chi connectivity index (χ3v) is 5.71. The zero-order chi connectivity index (χ0) is 20.4. The molecule has 1 amide bonds. The highest BCUT2D eigenvalue weighted by Crippen LogP contribution is 2.25. The minimum Gasteiger partial charge on any atom is -0.373 e. The number of nitrogens with one attached hydrogen (secondary N) is 1. The fraction of sp³-hybridized carbons (Fsp3) is 0.348. The van der Waals surface area contributed by atoms with E-state index in [9.17, 15) is 4.79 Å². The predicted octanol–water partition coefficient (Wildman–Crippen LogP) is 6.10. The second-order valence-corrected chi connectivity index (χ2v) is 8.48. The number of unbranched alkanes of at least 4 members (excludes halogenated alkanes) is 3. The summed E-state index contributed by atoms with van der Waals surface area (Å²) in [5.74, 6) is 0.645. The van der Waals surface area contributed by atoms with Gasteiger partial charge >= 0.3 is 0 Å². The van der Waals surface area contributed by atoms with Gasteiger partial charge in [0.1, 0.15) is 0 Å². The minimum atomic E-state index is -0.416. The van der Waals surface area contributed by atoms with Gasteiger partial charge in [0.25, 0.3) is 0 Å². The number of primary amides is 1. The number of nitrogens with two attached hydrogens (primary N) is 1. The molecule has 0 heterocycles. The molecule has 0 aliphatic rings. The zero-order valence-electron chi connectivity index (χ0n) is 16.4. The molecule has 5 heteroatoms. The molecule has 0 saturated heterocycles. The standard InChI is InChI=1S/C23H29ClN2OS/c1-3-4-5-6-13-28-17(2)26-22(19-10-8-12-21(24)16-19)15-18-9-7-11-20(14-18)23(25)27/h7-12,14,16,22,26H,2-6,13,15H2,1H3,(H2,25,27). The average molecular weight is 417 g/mol. The van der Waals surface area contributed by atoms with Crippen LogP contribution >= 0.6 is 23.4 Å². The van der Waals surface area contributed by atoms with Crippen molar-refractivity contribution in [3.8, 4) is 0 Å². The molecule has 2 aromatic carbocycles. The number of benzene rings is 2. The Morgan fingerprint density at radius 3 is 2.68 bits per heavy atom. The van der Waals surface area contributed by atoms with Crippen molar-refractivity contribution in [1.82, 2.24) is 5.32 Å². The Morgan fingerprint density at radius 1 is 1.18 bits per heavy atom. The van der Waals surface area contributed by atoms with Gasteiger partial charge in [-0.05, 0) is 54.0 Å². The molecule has 0 spiro atoms. The molecule has 0 aromatic heterocycles. The summed E-state index contributed by atoms with van der Waals surface area (Å²) in [5, 5.41) is 5.20. The van der Waals surface area contributed by atoms with E-state index in [-0.39, 0.29) is 6.04 Å². The number of thioether (sulfide) groups is 1. The number of hydrogen-bond donors (Lipinski definition) is 2. The maximum absolute atomic E-state index is 11.5. The molecule has 0 aliphatic heterocycles. The number of hydrogen-bond acceptors (Lipinski definition) is 3. The molecule has 1 atom stereocenters. The van der Waals surface area contributed by atoms with Crippen molar-refractivity contribution >= 4 is 29.3 Å². The van der Waals surface area contributed by atoms with E-state index in [0.29, 0.717) is 17.0 Å². The molecule has 0 saturated carbocycles. The van der Waals surface area contributed by atoms with Gasteiger partial charge in [-0.3, -0.25) is 4.79 Å². The second kappa shape index (κ2) is 11.8. The van der Waals surface area contributed by atoms with Gasteiger partial charge in [-0.15, -0.1) is 11.8 Å². The van der Waals surface area contributed by atoms with Crippen LogP contribution in [0, 0.1) is 0 Å². The molecule has 1 unspecified atom stereocenters. The highest BCUT2D eigenvalue weighted by molar-refractivity contribution is 8.02. The van der Waals surface area contributed by atoms with Crippen LogP contribution in [0.4, 0.5) is 0 Å². The lowest BCUT2D eigenvalue weighted by atomic mass is 9.97. The summed E-state index contributed by atoms with van der Waals surface area (Å²) in [6.07, 6.45) is 5.68. The van der Waals surface area contributed by atoms with Gasteiger partial charge < -0.3 is 11.1 Å². The van der Waals surface area contributed by atoms with E-state index in [0.717, 1.165) is 21.9 Å². The van der Waals surface area contributed by atoms with Gasteiger partial charge in [0, 0.05) is 10.6 Å². The van der Waals surface area contributed by atoms with Crippen LogP contribution in [-0.4, -0.2) is 11.7 Å². The number of amides is 1. The fourth-order valence-electron chi connectivity index (χ4n) is 3.02. The Bertz CT molecular complexity index is 794. The summed E-state index contributed by atoms with van der Waals surface area (Å²) in [6.45, 7) is 6.41. The van der Waals surface area contributed by atoms with Crippen LogP contribution in [0.3, 0.4) is 0 Å². The van der Waals surface area contributed by atoms with Gasteiger partial charge in [-0.25, -0.2) is 0 Å². The molecule has 3 nitrogen and oxygen atoms in total. The van der Waals surface area contributed by atoms with Crippen molar-refractivity contribution in [1.29, 1.82) is 0 Å². The first-order valence-corrected chi connectivity index (χ1v) is 11.1. The van der Waals surface area contributed by atoms with E-state index < -0.39 is 5.91 Å². The number of rotatable bonds is 12. The van der Waals surface area contributed by atoms with E-state index in [1.807, 2.05) is 36.4 Å². The monoisotopic (exact) mass is 416 g/mol. The van der Waals surface area contributed by atoms with E-state index in [1.165, 1.54) is 25.7 Å². The molecular weight excluding hydrogens is 388 g/mol. The van der Waals surface area contributed by atoms with E-state index in [4.69, 9.17) is 17.3 Å². The summed E-state index contributed by atoms with van der Waals surface area (Å²) < 4.78 is 0. The van der Waals surface area contributed by atoms with E-state index in [1.54, 1.807) is 17.8 Å². The molecule has 3 N–H and O–H groups in total. The molecule has 2 rings (SSSR count). The van der Waals surface area contributed by atoms with Gasteiger partial charge in [0.15, 0.2) is 0 Å². The normalized spacial score (nSPS) is 11.8. The summed E-state index contributed by atoms with van der Waals surface area (Å²) in [4.78, 5) is 11.5. The fourth-order valence-corrected chi connectivity index (χ4v) is 4.04. The van der Waals surface area contributed by atoms with Gasteiger partial charge in [-0.1, -0.05) is 68.6 Å². The first-order chi connectivity index (χ1) is 13.5. The lowest BCUT2D eigenvalue weighted by Crippen LogP contribution is -2.22. The van der Waals surface area contributed by atoms with Crippen molar-refractivity contribution < 1.29 is 4.79 Å². The quantitative estimate of drug-likeness (QED) is 0.411. The zero-order valence-corrected chi connectivity index (χ0v) is 18.0. The SMILES string of the molecule is C=C(NC(Cc1cccc(C(N)=O)c1)c1cccc(Cl)c1)SCCCCCC. The molecule has 0 aliphatic carbocycles. The van der Waals surface area contributed by atoms with Crippen LogP contribution in [0.15, 0.2) is 60.1 Å². The van der Waals surface area contributed by atoms with Crippen molar-refractivity contribution in [2.45, 2.75) is 45.1 Å². The topological polar surface area (TPSA) is 55.1 Å². The van der Waals surface area contributed by atoms with Crippen LogP contribution in [0.5, 0.6) is 0 Å². The van der Waals surface area contributed by atoms with Crippen molar-refractivity contribution in [2.24, 2.45) is 5.73 Å². The van der Waals surface area contributed by atoms with Crippen LogP contribution in [-0.2, 0) is 6.42 Å². The van der Waals surface area contributed by atoms with Crippen molar-refractivity contribution in [2.75, 3.05) is 5.75 Å². The van der Waals surface area contributed by atoms with E-state index >= 15 is 0 Å². The molecule has 0 bridgehead atoms. The summed E-state index contributed by atoms with van der Waals surface area (Å²) in [7, 11) is 0. The van der Waals surface area contributed by atoms with Gasteiger partial charge in [-0.2, -0.15) is 0 Å². The summed E-state index contributed by atoms with van der Waals surface area (Å²) in [5.41, 5.74) is 8.07. The van der Waals surface area contributed by atoms with Gasteiger partial charge in [0.2, 0.25) is 5.91 Å².